The van der Waals surface area contributed by atoms with E-state index in [2.05, 4.69) is 10.0 Å². The van der Waals surface area contributed by atoms with Gasteiger partial charge in [-0.1, -0.05) is 29.8 Å². The van der Waals surface area contributed by atoms with Crippen LogP contribution in [0.4, 0.5) is 5.69 Å². The minimum absolute atomic E-state index is 0.121. The number of carbonyl (C=O) groups excluding carboxylic acids is 1. The molecule has 2 N–H and O–H groups in total. The van der Waals surface area contributed by atoms with Crippen molar-refractivity contribution in [1.29, 1.82) is 0 Å². The molecule has 0 unspecified atom stereocenters. The highest BCUT2D eigenvalue weighted by Gasteiger charge is 2.16. The molecule has 0 bridgehead atoms. The molecule has 128 valence electrons. The number of hydrogen-bond acceptors (Lipinski definition) is 4. The number of sulfonamides is 1. The first-order valence-corrected chi connectivity index (χ1v) is 8.98. The van der Waals surface area contributed by atoms with Crippen molar-refractivity contribution in [3.63, 3.8) is 0 Å². The third kappa shape index (κ3) is 4.81. The molecule has 24 heavy (non-hydrogen) atoms. The second-order valence-corrected chi connectivity index (χ2v) is 6.88. The third-order valence-corrected chi connectivity index (χ3v) is 4.63. The van der Waals surface area contributed by atoms with Gasteiger partial charge in [0.1, 0.15) is 5.75 Å². The Labute approximate surface area is 141 Å². The Morgan fingerprint density at radius 2 is 1.75 bits per heavy atom. The summed E-state index contributed by atoms with van der Waals surface area (Å²) in [6.45, 7) is 3.81. The molecule has 0 atom stereocenters. The highest BCUT2D eigenvalue weighted by atomic mass is 32.2. The number of hydrogen-bond donors (Lipinski definition) is 2. The van der Waals surface area contributed by atoms with Crippen molar-refractivity contribution in [2.75, 3.05) is 18.5 Å². The summed E-state index contributed by atoms with van der Waals surface area (Å²) < 4.78 is 32.0. The van der Waals surface area contributed by atoms with E-state index in [0.717, 1.165) is 5.56 Å². The molecule has 1 amide bonds. The number of rotatable bonds is 7. The van der Waals surface area contributed by atoms with E-state index in [-0.39, 0.29) is 11.4 Å². The molecule has 0 spiro atoms. The summed E-state index contributed by atoms with van der Waals surface area (Å²) in [5, 5.41) is 2.64. The standard InChI is InChI=1S/C17H20N2O4S/c1-3-23-16-7-5-4-6-15(16)19-17(20)12-18-24(21,22)14-10-8-13(2)9-11-14/h4-11,18H,3,12H2,1-2H3,(H,19,20). The van der Waals surface area contributed by atoms with Crippen LogP contribution < -0.4 is 14.8 Å². The maximum absolute atomic E-state index is 12.2. The third-order valence-electron chi connectivity index (χ3n) is 3.22. The molecule has 0 aliphatic rings. The molecule has 2 aromatic rings. The maximum atomic E-state index is 12.2. The number of ether oxygens (including phenoxy) is 1. The monoisotopic (exact) mass is 348 g/mol. The van der Waals surface area contributed by atoms with E-state index in [1.165, 1.54) is 12.1 Å². The molecule has 0 aromatic heterocycles. The van der Waals surface area contributed by atoms with Crippen molar-refractivity contribution in [1.82, 2.24) is 4.72 Å². The Morgan fingerprint density at radius 1 is 1.08 bits per heavy atom. The Bertz CT molecular complexity index is 802. The predicted molar refractivity (Wildman–Crippen MR) is 92.6 cm³/mol. The summed E-state index contributed by atoms with van der Waals surface area (Å²) in [5.41, 5.74) is 1.46. The lowest BCUT2D eigenvalue weighted by Crippen LogP contribution is -2.33. The van der Waals surface area contributed by atoms with Crippen LogP contribution in [0.2, 0.25) is 0 Å². The molecule has 0 saturated heterocycles. The molecule has 0 radical (unpaired) electrons. The SMILES string of the molecule is CCOc1ccccc1NC(=O)CNS(=O)(=O)c1ccc(C)cc1. The predicted octanol–water partition coefficient (Wildman–Crippen LogP) is 2.31. The Morgan fingerprint density at radius 3 is 2.42 bits per heavy atom. The summed E-state index contributed by atoms with van der Waals surface area (Å²) in [5.74, 6) is 0.0626. The summed E-state index contributed by atoms with van der Waals surface area (Å²) in [6, 6.07) is 13.4. The molecule has 0 aliphatic carbocycles. The van der Waals surface area contributed by atoms with Gasteiger partial charge >= 0.3 is 0 Å². The van der Waals surface area contributed by atoms with Crippen molar-refractivity contribution in [3.05, 3.63) is 54.1 Å². The van der Waals surface area contributed by atoms with Crippen LogP contribution in [0, 0.1) is 6.92 Å². The molecule has 0 aliphatic heterocycles. The first kappa shape index (κ1) is 18.0. The number of aryl methyl sites for hydroxylation is 1. The van der Waals surface area contributed by atoms with E-state index >= 15 is 0 Å². The molecule has 2 rings (SSSR count). The lowest BCUT2D eigenvalue weighted by Gasteiger charge is -2.12. The van der Waals surface area contributed by atoms with Crippen LogP contribution >= 0.6 is 0 Å². The molecular formula is C17H20N2O4S. The highest BCUT2D eigenvalue weighted by Crippen LogP contribution is 2.23. The van der Waals surface area contributed by atoms with Crippen LogP contribution in [-0.2, 0) is 14.8 Å². The molecule has 0 fully saturated rings. The molecule has 0 heterocycles. The maximum Gasteiger partial charge on any atom is 0.241 e. The molecule has 2 aromatic carbocycles. The molecular weight excluding hydrogens is 328 g/mol. The van der Waals surface area contributed by atoms with Gasteiger partial charge in [0.15, 0.2) is 0 Å². The number of amides is 1. The number of benzene rings is 2. The van der Waals surface area contributed by atoms with Gasteiger partial charge in [-0.25, -0.2) is 13.1 Å². The summed E-state index contributed by atoms with van der Waals surface area (Å²) in [4.78, 5) is 12.1. The Balaban J connectivity index is 1.99. The fourth-order valence-electron chi connectivity index (χ4n) is 2.01. The average Bonchev–Trinajstić information content (AvgIpc) is 2.56. The van der Waals surface area contributed by atoms with Gasteiger partial charge in [-0.3, -0.25) is 4.79 Å². The first-order chi connectivity index (χ1) is 11.4. The first-order valence-electron chi connectivity index (χ1n) is 7.50. The fourth-order valence-corrected chi connectivity index (χ4v) is 2.99. The van der Waals surface area contributed by atoms with Gasteiger partial charge in [-0.05, 0) is 38.1 Å². The lowest BCUT2D eigenvalue weighted by atomic mass is 10.2. The molecule has 7 heteroatoms. The second kappa shape index (κ2) is 7.94. The smallest absolute Gasteiger partial charge is 0.241 e. The topological polar surface area (TPSA) is 84.5 Å². The van der Waals surface area contributed by atoms with Gasteiger partial charge in [0.05, 0.1) is 23.7 Å². The van der Waals surface area contributed by atoms with Gasteiger partial charge in [0.2, 0.25) is 15.9 Å². The van der Waals surface area contributed by atoms with Crippen LogP contribution in [0.5, 0.6) is 5.75 Å². The minimum Gasteiger partial charge on any atom is -0.492 e. The number of nitrogens with one attached hydrogen (secondary N) is 2. The molecule has 0 saturated carbocycles. The average molecular weight is 348 g/mol. The number of anilines is 1. The Kier molecular flexibility index (Phi) is 5.94. The normalized spacial score (nSPS) is 11.1. The zero-order valence-electron chi connectivity index (χ0n) is 13.6. The van der Waals surface area contributed by atoms with Crippen LogP contribution in [0.1, 0.15) is 12.5 Å². The van der Waals surface area contributed by atoms with Crippen molar-refractivity contribution in [2.24, 2.45) is 0 Å². The second-order valence-electron chi connectivity index (χ2n) is 5.11. The summed E-state index contributed by atoms with van der Waals surface area (Å²) in [6.07, 6.45) is 0. The van der Waals surface area contributed by atoms with E-state index in [9.17, 15) is 13.2 Å². The van der Waals surface area contributed by atoms with Gasteiger partial charge in [0, 0.05) is 0 Å². The van der Waals surface area contributed by atoms with Crippen LogP contribution in [0.15, 0.2) is 53.4 Å². The van der Waals surface area contributed by atoms with Gasteiger partial charge < -0.3 is 10.1 Å². The van der Waals surface area contributed by atoms with Crippen LogP contribution in [-0.4, -0.2) is 27.5 Å². The number of para-hydroxylation sites is 2. The highest BCUT2D eigenvalue weighted by molar-refractivity contribution is 7.89. The van der Waals surface area contributed by atoms with Crippen LogP contribution in [0.3, 0.4) is 0 Å². The number of carbonyl (C=O) groups is 1. The van der Waals surface area contributed by atoms with Gasteiger partial charge in [0.25, 0.3) is 0 Å². The van der Waals surface area contributed by atoms with Gasteiger partial charge in [-0.2, -0.15) is 0 Å². The van der Waals surface area contributed by atoms with Crippen LogP contribution in [0.25, 0.3) is 0 Å². The Hall–Kier alpha value is -2.38. The zero-order chi connectivity index (χ0) is 17.6. The molecule has 6 nitrogen and oxygen atoms in total. The largest absolute Gasteiger partial charge is 0.492 e. The van der Waals surface area contributed by atoms with Gasteiger partial charge in [-0.15, -0.1) is 0 Å². The lowest BCUT2D eigenvalue weighted by molar-refractivity contribution is -0.115. The quantitative estimate of drug-likeness (QED) is 0.804. The summed E-state index contributed by atoms with van der Waals surface area (Å²) in [7, 11) is -3.73. The van der Waals surface area contributed by atoms with E-state index < -0.39 is 15.9 Å². The van der Waals surface area contributed by atoms with E-state index in [4.69, 9.17) is 4.74 Å². The minimum atomic E-state index is -3.73. The summed E-state index contributed by atoms with van der Waals surface area (Å²) >= 11 is 0. The van der Waals surface area contributed by atoms with Crippen molar-refractivity contribution in [2.45, 2.75) is 18.7 Å². The van der Waals surface area contributed by atoms with E-state index in [1.807, 2.05) is 13.8 Å². The van der Waals surface area contributed by atoms with E-state index in [1.54, 1.807) is 36.4 Å². The fraction of sp³-hybridized carbons (Fsp3) is 0.235. The zero-order valence-corrected chi connectivity index (χ0v) is 14.4. The van der Waals surface area contributed by atoms with Crippen molar-refractivity contribution in [3.8, 4) is 5.75 Å². The van der Waals surface area contributed by atoms with Crippen molar-refractivity contribution < 1.29 is 17.9 Å². The van der Waals surface area contributed by atoms with Crippen molar-refractivity contribution >= 4 is 21.6 Å². The van der Waals surface area contributed by atoms with E-state index in [0.29, 0.717) is 18.0 Å².